The van der Waals surface area contributed by atoms with Gasteiger partial charge in [-0.05, 0) is 55.3 Å². The normalized spacial score (nSPS) is 13.1. The summed E-state index contributed by atoms with van der Waals surface area (Å²) in [6, 6.07) is 2.83. The molecule has 0 saturated carbocycles. The highest BCUT2D eigenvalue weighted by atomic mass is 79.9. The number of nitrogens with two attached hydrogens (primary N) is 1. The minimum atomic E-state index is -0.524. The lowest BCUT2D eigenvalue weighted by Gasteiger charge is -2.23. The minimum Gasteiger partial charge on any atom is -0.459 e. The molecule has 2 N–H and O–H groups in total. The summed E-state index contributed by atoms with van der Waals surface area (Å²) in [6.45, 7) is 7.39. The average molecular weight is 364 g/mol. The van der Waals surface area contributed by atoms with Gasteiger partial charge in [-0.1, -0.05) is 6.92 Å². The van der Waals surface area contributed by atoms with Crippen molar-refractivity contribution in [1.29, 1.82) is 0 Å². The van der Waals surface area contributed by atoms with Crippen molar-refractivity contribution in [3.63, 3.8) is 0 Å². The first-order valence-corrected chi connectivity index (χ1v) is 7.95. The van der Waals surface area contributed by atoms with Crippen LogP contribution in [0.1, 0.15) is 34.1 Å². The summed E-state index contributed by atoms with van der Waals surface area (Å²) in [4.78, 5) is 12.8. The predicted octanol–water partition coefficient (Wildman–Crippen LogP) is 4.38. The molecule has 1 aromatic carbocycles. The molecule has 1 atom stereocenters. The van der Waals surface area contributed by atoms with Gasteiger partial charge in [-0.3, -0.25) is 4.79 Å². The summed E-state index contributed by atoms with van der Waals surface area (Å²) < 4.78 is 19.3. The molecule has 0 radical (unpaired) electrons. The maximum Gasteiger partial charge on any atom is 0.319 e. The minimum absolute atomic E-state index is 0.0646. The van der Waals surface area contributed by atoms with E-state index in [0.717, 1.165) is 4.90 Å². The number of rotatable bonds is 4. The van der Waals surface area contributed by atoms with Crippen molar-refractivity contribution >= 4 is 39.3 Å². The third kappa shape index (κ3) is 4.98. The molecular formula is C14H19BrFNO2S. The van der Waals surface area contributed by atoms with E-state index in [-0.39, 0.29) is 16.9 Å². The molecule has 20 heavy (non-hydrogen) atoms. The molecule has 3 nitrogen and oxygen atoms in total. The monoisotopic (exact) mass is 363 g/mol. The lowest BCUT2D eigenvalue weighted by molar-refractivity contribution is -0.154. The summed E-state index contributed by atoms with van der Waals surface area (Å²) in [5.41, 5.74) is 5.10. The summed E-state index contributed by atoms with van der Waals surface area (Å²) in [5, 5.41) is -0.351. The molecule has 0 saturated heterocycles. The van der Waals surface area contributed by atoms with Crippen LogP contribution in [0.4, 0.5) is 10.1 Å². The predicted molar refractivity (Wildman–Crippen MR) is 84.3 cm³/mol. The van der Waals surface area contributed by atoms with Crippen LogP contribution in [0.3, 0.4) is 0 Å². The van der Waals surface area contributed by atoms with Gasteiger partial charge in [0, 0.05) is 9.37 Å². The third-order valence-electron chi connectivity index (χ3n) is 2.36. The molecule has 0 amide bonds. The van der Waals surface area contributed by atoms with E-state index >= 15 is 0 Å². The maximum absolute atomic E-state index is 13.3. The second-order valence-electron chi connectivity index (χ2n) is 5.35. The van der Waals surface area contributed by atoms with E-state index in [1.54, 1.807) is 0 Å². The van der Waals surface area contributed by atoms with E-state index in [0.29, 0.717) is 10.9 Å². The van der Waals surface area contributed by atoms with Crippen LogP contribution in [0.5, 0.6) is 0 Å². The highest BCUT2D eigenvalue weighted by Crippen LogP contribution is 2.35. The van der Waals surface area contributed by atoms with E-state index in [4.69, 9.17) is 10.5 Å². The number of thioether (sulfide) groups is 1. The lowest BCUT2D eigenvalue weighted by Crippen LogP contribution is -2.30. The zero-order valence-corrected chi connectivity index (χ0v) is 14.4. The Morgan fingerprint density at radius 3 is 2.60 bits per heavy atom. The van der Waals surface area contributed by atoms with Gasteiger partial charge in [0.1, 0.15) is 16.7 Å². The van der Waals surface area contributed by atoms with Crippen LogP contribution in [-0.2, 0) is 9.53 Å². The molecule has 0 aromatic heterocycles. The van der Waals surface area contributed by atoms with Gasteiger partial charge >= 0.3 is 5.97 Å². The fraction of sp³-hybridized carbons (Fsp3) is 0.500. The van der Waals surface area contributed by atoms with Crippen LogP contribution >= 0.6 is 27.7 Å². The quantitative estimate of drug-likeness (QED) is 0.489. The second-order valence-corrected chi connectivity index (χ2v) is 7.45. The SMILES string of the molecule is CCC(Sc1cc(N)c(F)cc1Br)C(=O)OC(C)(C)C. The van der Waals surface area contributed by atoms with Crippen LogP contribution in [0.15, 0.2) is 21.5 Å². The van der Waals surface area contributed by atoms with Crippen molar-refractivity contribution in [3.05, 3.63) is 22.4 Å². The number of carbonyl (C=O) groups excluding carboxylic acids is 1. The molecule has 0 spiro atoms. The number of hydrogen-bond acceptors (Lipinski definition) is 4. The first-order valence-electron chi connectivity index (χ1n) is 6.28. The van der Waals surface area contributed by atoms with Gasteiger partial charge < -0.3 is 10.5 Å². The number of esters is 1. The van der Waals surface area contributed by atoms with Gasteiger partial charge in [0.15, 0.2) is 0 Å². The number of anilines is 1. The second kappa shape index (κ2) is 6.80. The summed E-state index contributed by atoms with van der Waals surface area (Å²) in [5.74, 6) is -0.758. The Bertz CT molecular complexity index is 503. The van der Waals surface area contributed by atoms with Gasteiger partial charge in [-0.25, -0.2) is 4.39 Å². The largest absolute Gasteiger partial charge is 0.459 e. The molecule has 0 bridgehead atoms. The summed E-state index contributed by atoms with van der Waals surface area (Å²) in [7, 11) is 0. The lowest BCUT2D eigenvalue weighted by atomic mass is 10.2. The topological polar surface area (TPSA) is 52.3 Å². The summed E-state index contributed by atoms with van der Waals surface area (Å²) in [6.07, 6.45) is 0.614. The molecule has 1 rings (SSSR count). The number of ether oxygens (including phenoxy) is 1. The Labute approximate surface area is 131 Å². The van der Waals surface area contributed by atoms with Crippen LogP contribution in [0.2, 0.25) is 0 Å². The molecule has 112 valence electrons. The van der Waals surface area contributed by atoms with Crippen molar-refractivity contribution in [2.45, 2.75) is 49.9 Å². The van der Waals surface area contributed by atoms with Gasteiger partial charge in [-0.2, -0.15) is 0 Å². The number of halogens is 2. The van der Waals surface area contributed by atoms with Crippen LogP contribution in [0.25, 0.3) is 0 Å². The van der Waals surface area contributed by atoms with Gasteiger partial charge in [0.2, 0.25) is 0 Å². The van der Waals surface area contributed by atoms with Crippen LogP contribution < -0.4 is 5.73 Å². The van der Waals surface area contributed by atoms with Gasteiger partial charge in [0.05, 0.1) is 5.69 Å². The Kier molecular flexibility index (Phi) is 5.89. The van der Waals surface area contributed by atoms with E-state index in [9.17, 15) is 9.18 Å². The third-order valence-corrected chi connectivity index (χ3v) is 4.68. The van der Waals surface area contributed by atoms with E-state index in [1.807, 2.05) is 27.7 Å². The number of nitrogen functional groups attached to an aromatic ring is 1. The molecule has 1 aromatic rings. The fourth-order valence-corrected chi connectivity index (χ4v) is 3.03. The molecule has 0 aliphatic heterocycles. The Morgan fingerprint density at radius 1 is 1.50 bits per heavy atom. The van der Waals surface area contributed by atoms with E-state index in [2.05, 4.69) is 15.9 Å². The van der Waals surface area contributed by atoms with E-state index < -0.39 is 11.4 Å². The molecule has 1 unspecified atom stereocenters. The Balaban J connectivity index is 2.89. The van der Waals surface area contributed by atoms with Crippen molar-refractivity contribution in [2.75, 3.05) is 5.73 Å². The first kappa shape index (κ1) is 17.3. The smallest absolute Gasteiger partial charge is 0.319 e. The molecule has 0 aliphatic rings. The number of benzene rings is 1. The Morgan fingerprint density at radius 2 is 2.10 bits per heavy atom. The van der Waals surface area contributed by atoms with E-state index in [1.165, 1.54) is 23.9 Å². The fourth-order valence-electron chi connectivity index (χ4n) is 1.45. The number of carbonyl (C=O) groups is 1. The summed E-state index contributed by atoms with van der Waals surface area (Å²) >= 11 is 4.60. The maximum atomic E-state index is 13.3. The zero-order chi connectivity index (χ0) is 15.5. The van der Waals surface area contributed by atoms with Gasteiger partial charge in [0.25, 0.3) is 0 Å². The zero-order valence-electron chi connectivity index (χ0n) is 12.0. The first-order chi connectivity index (χ1) is 9.14. The molecule has 6 heteroatoms. The average Bonchev–Trinajstić information content (AvgIpc) is 2.29. The highest BCUT2D eigenvalue weighted by molar-refractivity contribution is 9.10. The van der Waals surface area contributed by atoms with Crippen molar-refractivity contribution in [2.24, 2.45) is 0 Å². The van der Waals surface area contributed by atoms with Crippen molar-refractivity contribution in [1.82, 2.24) is 0 Å². The standard InChI is InChI=1S/C14H19BrFNO2S/c1-5-11(13(18)19-14(2,3)4)20-12-7-10(17)9(16)6-8(12)15/h6-7,11H,5,17H2,1-4H3. The molecule has 0 heterocycles. The Hall–Kier alpha value is -0.750. The van der Waals surface area contributed by atoms with Gasteiger partial charge in [-0.15, -0.1) is 11.8 Å². The van der Waals surface area contributed by atoms with Crippen LogP contribution in [0, 0.1) is 5.82 Å². The van der Waals surface area contributed by atoms with Crippen molar-refractivity contribution in [3.8, 4) is 0 Å². The highest BCUT2D eigenvalue weighted by Gasteiger charge is 2.25. The molecular weight excluding hydrogens is 345 g/mol. The molecule has 0 aliphatic carbocycles. The number of hydrogen-bond donors (Lipinski definition) is 1. The van der Waals surface area contributed by atoms with Crippen LogP contribution in [-0.4, -0.2) is 16.8 Å². The molecule has 0 fully saturated rings. The van der Waals surface area contributed by atoms with Crippen molar-refractivity contribution < 1.29 is 13.9 Å².